The second-order valence-corrected chi connectivity index (χ2v) is 6.58. The number of hydrogen-bond acceptors (Lipinski definition) is 1. The Labute approximate surface area is 140 Å². The number of benzene rings is 2. The van der Waals surface area contributed by atoms with Crippen LogP contribution in [0.3, 0.4) is 0 Å². The Hall–Kier alpha value is -2.45. The highest BCUT2D eigenvalue weighted by molar-refractivity contribution is 7.99. The summed E-state index contributed by atoms with van der Waals surface area (Å²) in [5.74, 6) is 0. The molecular weight excluding hydrogens is 298 g/mol. The number of allylic oxidation sites excluding steroid dienone is 1. The molecule has 0 spiro atoms. The van der Waals surface area contributed by atoms with E-state index in [1.54, 1.807) is 0 Å². The van der Waals surface area contributed by atoms with Gasteiger partial charge in [-0.25, -0.2) is 0 Å². The maximum atomic E-state index is 3.98. The zero-order chi connectivity index (χ0) is 15.8. The third-order valence-corrected chi connectivity index (χ3v) is 5.29. The Bertz CT molecular complexity index is 931. The van der Waals surface area contributed by atoms with E-state index in [-0.39, 0.29) is 0 Å². The molecule has 0 aliphatic carbocycles. The first-order valence-electron chi connectivity index (χ1n) is 7.71. The van der Waals surface area contributed by atoms with Crippen molar-refractivity contribution in [2.24, 2.45) is 0 Å². The molecule has 1 N–H and O–H groups in total. The van der Waals surface area contributed by atoms with Crippen LogP contribution in [0.2, 0.25) is 0 Å². The average Bonchev–Trinajstić information content (AvgIpc) is 2.88. The van der Waals surface area contributed by atoms with Crippen LogP contribution in [0.1, 0.15) is 18.2 Å². The van der Waals surface area contributed by atoms with Gasteiger partial charge in [0.1, 0.15) is 0 Å². The van der Waals surface area contributed by atoms with Gasteiger partial charge in [-0.3, -0.25) is 0 Å². The summed E-state index contributed by atoms with van der Waals surface area (Å²) in [6.45, 7) is 6.04. The lowest BCUT2D eigenvalue weighted by Gasteiger charge is -2.07. The number of rotatable bonds is 2. The highest BCUT2D eigenvalue weighted by Gasteiger charge is 2.24. The topological polar surface area (TPSA) is 15.8 Å². The zero-order valence-electron chi connectivity index (χ0n) is 13.0. The molecular formula is C21H17NS. The van der Waals surface area contributed by atoms with Crippen LogP contribution in [0.25, 0.3) is 34.5 Å². The maximum absolute atomic E-state index is 3.98. The largest absolute Gasteiger partial charge is 0.354 e. The minimum Gasteiger partial charge on any atom is -0.354 e. The van der Waals surface area contributed by atoms with Gasteiger partial charge in [-0.1, -0.05) is 66.9 Å². The number of H-pyrrole nitrogens is 1. The molecule has 23 heavy (non-hydrogen) atoms. The van der Waals surface area contributed by atoms with Crippen LogP contribution in [0, 0.1) is 0 Å². The summed E-state index contributed by atoms with van der Waals surface area (Å²) < 4.78 is 0. The summed E-state index contributed by atoms with van der Waals surface area (Å²) in [5.41, 5.74) is 7.27. The predicted octanol–water partition coefficient (Wildman–Crippen LogP) is 6.49. The lowest BCUT2D eigenvalue weighted by atomic mass is 9.96. The van der Waals surface area contributed by atoms with E-state index in [9.17, 15) is 0 Å². The van der Waals surface area contributed by atoms with Crippen molar-refractivity contribution in [1.29, 1.82) is 0 Å². The molecule has 0 saturated heterocycles. The van der Waals surface area contributed by atoms with Crippen molar-refractivity contribution in [2.75, 3.05) is 0 Å². The number of aromatic amines is 1. The predicted molar refractivity (Wildman–Crippen MR) is 101 cm³/mol. The summed E-state index contributed by atoms with van der Waals surface area (Å²) in [6.07, 6.45) is 6.16. The molecule has 0 radical (unpaired) electrons. The second-order valence-electron chi connectivity index (χ2n) is 5.50. The minimum atomic E-state index is 1.07. The molecule has 0 saturated carbocycles. The van der Waals surface area contributed by atoms with Gasteiger partial charge in [0.25, 0.3) is 0 Å². The quantitative estimate of drug-likeness (QED) is 0.447. The minimum absolute atomic E-state index is 1.07. The van der Waals surface area contributed by atoms with Gasteiger partial charge in [0.05, 0.1) is 5.69 Å². The molecule has 112 valence electrons. The van der Waals surface area contributed by atoms with Crippen molar-refractivity contribution in [1.82, 2.24) is 4.98 Å². The fourth-order valence-electron chi connectivity index (χ4n) is 3.16. The summed E-state index contributed by atoms with van der Waals surface area (Å²) >= 11 is 1.83. The summed E-state index contributed by atoms with van der Waals surface area (Å²) in [5, 5.41) is 0. The van der Waals surface area contributed by atoms with Gasteiger partial charge in [-0.05, 0) is 30.7 Å². The van der Waals surface area contributed by atoms with Gasteiger partial charge in [-0.2, -0.15) is 0 Å². The summed E-state index contributed by atoms with van der Waals surface area (Å²) in [7, 11) is 0. The van der Waals surface area contributed by atoms with Gasteiger partial charge < -0.3 is 4.98 Å². The Balaban J connectivity index is 2.16. The monoisotopic (exact) mass is 315 g/mol. The fourth-order valence-corrected chi connectivity index (χ4v) is 4.25. The summed E-state index contributed by atoms with van der Waals surface area (Å²) in [6, 6.07) is 17.2. The average molecular weight is 315 g/mol. The van der Waals surface area contributed by atoms with E-state index >= 15 is 0 Å². The van der Waals surface area contributed by atoms with Crippen molar-refractivity contribution in [3.63, 3.8) is 0 Å². The SMILES string of the molecule is C=Cc1[nH]c2c(c1/C=C\C)-c1ccccc1Sc1ccccc1-2. The van der Waals surface area contributed by atoms with Crippen molar-refractivity contribution in [3.05, 3.63) is 72.4 Å². The Kier molecular flexibility index (Phi) is 3.47. The first kappa shape index (κ1) is 14.2. The fraction of sp³-hybridized carbons (Fsp3) is 0.0476. The van der Waals surface area contributed by atoms with Crippen LogP contribution in [-0.2, 0) is 0 Å². The van der Waals surface area contributed by atoms with Crippen LogP contribution in [0.5, 0.6) is 0 Å². The third-order valence-electron chi connectivity index (χ3n) is 4.14. The van der Waals surface area contributed by atoms with E-state index in [0.717, 1.165) is 5.69 Å². The van der Waals surface area contributed by atoms with Crippen LogP contribution in [0.15, 0.2) is 71.0 Å². The third kappa shape index (κ3) is 2.18. The Morgan fingerprint density at radius 1 is 0.957 bits per heavy atom. The van der Waals surface area contributed by atoms with Crippen LogP contribution in [0.4, 0.5) is 0 Å². The lowest BCUT2D eigenvalue weighted by molar-refractivity contribution is 1.33. The number of nitrogens with one attached hydrogen (secondary N) is 1. The van der Waals surface area contributed by atoms with Gasteiger partial charge in [-0.15, -0.1) is 0 Å². The Morgan fingerprint density at radius 3 is 2.30 bits per heavy atom. The molecule has 1 nitrogen and oxygen atoms in total. The maximum Gasteiger partial charge on any atom is 0.0556 e. The van der Waals surface area contributed by atoms with Gasteiger partial charge in [0.2, 0.25) is 0 Å². The van der Waals surface area contributed by atoms with Gasteiger partial charge >= 0.3 is 0 Å². The van der Waals surface area contributed by atoms with Crippen LogP contribution < -0.4 is 0 Å². The van der Waals surface area contributed by atoms with Crippen molar-refractivity contribution in [3.8, 4) is 22.4 Å². The first-order chi connectivity index (χ1) is 11.3. The summed E-state index contributed by atoms with van der Waals surface area (Å²) in [4.78, 5) is 6.16. The van der Waals surface area contributed by atoms with Crippen molar-refractivity contribution in [2.45, 2.75) is 16.7 Å². The number of hydrogen-bond donors (Lipinski definition) is 1. The molecule has 2 heterocycles. The molecule has 1 aromatic heterocycles. The Morgan fingerprint density at radius 2 is 1.61 bits per heavy atom. The smallest absolute Gasteiger partial charge is 0.0556 e. The molecule has 0 unspecified atom stereocenters. The van der Waals surface area contributed by atoms with E-state index in [2.05, 4.69) is 79.2 Å². The molecule has 1 aliphatic rings. The number of aromatic nitrogens is 1. The van der Waals surface area contributed by atoms with Crippen LogP contribution in [-0.4, -0.2) is 4.98 Å². The molecule has 3 aromatic rings. The molecule has 1 aliphatic heterocycles. The molecule has 0 atom stereocenters. The zero-order valence-corrected chi connectivity index (χ0v) is 13.8. The van der Waals surface area contributed by atoms with Crippen LogP contribution >= 0.6 is 11.8 Å². The molecule has 2 aromatic carbocycles. The van der Waals surface area contributed by atoms with Crippen molar-refractivity contribution < 1.29 is 0 Å². The number of fused-ring (bicyclic) bond motifs is 5. The lowest BCUT2D eigenvalue weighted by Crippen LogP contribution is -1.83. The van der Waals surface area contributed by atoms with E-state index in [1.807, 2.05) is 17.8 Å². The van der Waals surface area contributed by atoms with E-state index < -0.39 is 0 Å². The molecule has 4 rings (SSSR count). The van der Waals surface area contributed by atoms with E-state index in [4.69, 9.17) is 0 Å². The first-order valence-corrected chi connectivity index (χ1v) is 8.53. The molecule has 2 heteroatoms. The molecule has 0 amide bonds. The standard InChI is InChI=1S/C21H17NS/c1-3-9-14-17(4-2)22-21-16-11-6-8-13-19(16)23-18-12-7-5-10-15(18)20(14)21/h3-13,22H,2H2,1H3/b9-3-. The van der Waals surface area contributed by atoms with Gasteiger partial charge in [0.15, 0.2) is 0 Å². The highest BCUT2D eigenvalue weighted by Crippen LogP contribution is 2.49. The van der Waals surface area contributed by atoms with Crippen molar-refractivity contribution >= 4 is 23.9 Å². The van der Waals surface area contributed by atoms with E-state index in [0.29, 0.717) is 0 Å². The molecule has 0 bridgehead atoms. The molecule has 0 fully saturated rings. The highest BCUT2D eigenvalue weighted by atomic mass is 32.2. The van der Waals surface area contributed by atoms with Gasteiger partial charge in [0, 0.05) is 32.2 Å². The normalized spacial score (nSPS) is 12.4. The second kappa shape index (κ2) is 5.64. The van der Waals surface area contributed by atoms with E-state index in [1.165, 1.54) is 37.7 Å².